The molecular weight excluding hydrogens is 492 g/mol. The minimum absolute atomic E-state index is 0.0210. The number of aliphatic hydroxyl groups is 1. The number of thiazole rings is 1. The predicted molar refractivity (Wildman–Crippen MR) is 139 cm³/mol. The summed E-state index contributed by atoms with van der Waals surface area (Å²) in [6, 6.07) is 15.9. The number of anilines is 1. The zero-order chi connectivity index (χ0) is 25.8. The van der Waals surface area contributed by atoms with Crippen LogP contribution in [0.5, 0.6) is 17.2 Å². The summed E-state index contributed by atoms with van der Waals surface area (Å²) in [5, 5.41) is 21.6. The Balaban J connectivity index is 1.52. The van der Waals surface area contributed by atoms with Crippen LogP contribution in [0.4, 0.5) is 5.13 Å². The van der Waals surface area contributed by atoms with E-state index in [0.717, 1.165) is 16.0 Å². The zero-order valence-corrected chi connectivity index (χ0v) is 20.8. The van der Waals surface area contributed by atoms with Gasteiger partial charge in [-0.25, -0.2) is 4.98 Å². The molecule has 3 aromatic carbocycles. The normalized spacial score (nSPS) is 20.3. The van der Waals surface area contributed by atoms with Crippen LogP contribution in [0.15, 0.2) is 66.2 Å². The Morgan fingerprint density at radius 1 is 1.11 bits per heavy atom. The number of aromatic hydroxyl groups is 1. The number of carbonyl (C=O) groups excluding carboxylic acids is 2. The number of amides is 1. The average Bonchev–Trinajstić information content (AvgIpc) is 3.55. The van der Waals surface area contributed by atoms with Gasteiger partial charge in [0.25, 0.3) is 5.78 Å². The summed E-state index contributed by atoms with van der Waals surface area (Å²) in [7, 11) is 1.57. The van der Waals surface area contributed by atoms with Crippen molar-refractivity contribution in [2.75, 3.05) is 12.0 Å². The van der Waals surface area contributed by atoms with Crippen molar-refractivity contribution in [3.8, 4) is 17.2 Å². The molecule has 0 bridgehead atoms. The maximum absolute atomic E-state index is 13.4. The number of rotatable bonds is 4. The molecule has 0 saturated carbocycles. The number of methoxy groups -OCH3 is 1. The predicted octanol–water partition coefficient (Wildman–Crippen LogP) is 4.96. The lowest BCUT2D eigenvalue weighted by Gasteiger charge is -2.23. The van der Waals surface area contributed by atoms with Crippen molar-refractivity contribution >= 4 is 44.1 Å². The van der Waals surface area contributed by atoms with E-state index in [1.54, 1.807) is 49.6 Å². The fourth-order valence-corrected chi connectivity index (χ4v) is 5.87. The van der Waals surface area contributed by atoms with Gasteiger partial charge in [-0.05, 0) is 66.6 Å². The molecule has 0 unspecified atom stereocenters. The maximum atomic E-state index is 13.4. The van der Waals surface area contributed by atoms with Crippen molar-refractivity contribution in [1.82, 2.24) is 4.98 Å². The first-order valence-electron chi connectivity index (χ1n) is 11.7. The second-order valence-electron chi connectivity index (χ2n) is 9.05. The largest absolute Gasteiger partial charge is 0.508 e. The van der Waals surface area contributed by atoms with E-state index in [4.69, 9.17) is 9.47 Å². The van der Waals surface area contributed by atoms with E-state index in [1.165, 1.54) is 28.4 Å². The Morgan fingerprint density at radius 3 is 2.65 bits per heavy atom. The molecule has 1 amide bonds. The Hall–Kier alpha value is -4.37. The number of fused-ring (bicyclic) bond motifs is 2. The van der Waals surface area contributed by atoms with Gasteiger partial charge in [0.15, 0.2) is 5.13 Å². The second-order valence-corrected chi connectivity index (χ2v) is 10.1. The third-order valence-corrected chi connectivity index (χ3v) is 7.63. The summed E-state index contributed by atoms with van der Waals surface area (Å²) in [4.78, 5) is 32.8. The van der Waals surface area contributed by atoms with Gasteiger partial charge < -0.3 is 19.7 Å². The van der Waals surface area contributed by atoms with Crippen LogP contribution in [0, 0.1) is 0 Å². The SMILES string of the molecule is COc1ccc2nc(N3C(=O)C(=O)C(=C(O)c4ccc5c(c4)C[C@H](C)O5)[C@@H]3c3ccc(O)cc3)sc2c1. The van der Waals surface area contributed by atoms with Crippen molar-refractivity contribution in [3.63, 3.8) is 0 Å². The molecule has 8 nitrogen and oxygen atoms in total. The number of ketones is 1. The van der Waals surface area contributed by atoms with E-state index in [0.29, 0.717) is 33.9 Å². The van der Waals surface area contributed by atoms with Crippen molar-refractivity contribution in [2.24, 2.45) is 0 Å². The molecule has 6 rings (SSSR count). The molecule has 0 aliphatic carbocycles. The fourth-order valence-electron chi connectivity index (χ4n) is 4.85. The van der Waals surface area contributed by atoms with Crippen LogP contribution in [0.25, 0.3) is 16.0 Å². The number of benzene rings is 3. The summed E-state index contributed by atoms with van der Waals surface area (Å²) in [6.07, 6.45) is 0.703. The molecule has 3 heterocycles. The molecule has 0 spiro atoms. The van der Waals surface area contributed by atoms with Crippen molar-refractivity contribution < 1.29 is 29.3 Å². The van der Waals surface area contributed by atoms with Gasteiger partial charge in [-0.2, -0.15) is 0 Å². The van der Waals surface area contributed by atoms with Crippen LogP contribution in [0.1, 0.15) is 29.7 Å². The van der Waals surface area contributed by atoms with Gasteiger partial charge in [-0.3, -0.25) is 14.5 Å². The molecule has 186 valence electrons. The molecule has 0 radical (unpaired) electrons. The topological polar surface area (TPSA) is 109 Å². The summed E-state index contributed by atoms with van der Waals surface area (Å²) in [6.45, 7) is 1.96. The van der Waals surface area contributed by atoms with Gasteiger partial charge in [0.2, 0.25) is 0 Å². The highest BCUT2D eigenvalue weighted by Crippen LogP contribution is 2.45. The number of carbonyl (C=O) groups is 2. The number of ether oxygens (including phenoxy) is 2. The van der Waals surface area contributed by atoms with Gasteiger partial charge in [-0.1, -0.05) is 23.5 Å². The summed E-state index contributed by atoms with van der Waals surface area (Å²) in [5.74, 6) is -0.440. The molecule has 2 aliphatic rings. The molecule has 2 N–H and O–H groups in total. The smallest absolute Gasteiger partial charge is 0.301 e. The summed E-state index contributed by atoms with van der Waals surface area (Å²) >= 11 is 1.25. The first-order valence-corrected chi connectivity index (χ1v) is 12.5. The first-order chi connectivity index (χ1) is 17.8. The van der Waals surface area contributed by atoms with Crippen LogP contribution in [-0.4, -0.2) is 40.1 Å². The van der Waals surface area contributed by atoms with Crippen LogP contribution in [0.2, 0.25) is 0 Å². The number of aromatic nitrogens is 1. The lowest BCUT2D eigenvalue weighted by atomic mass is 9.94. The molecule has 2 aliphatic heterocycles. The number of Topliss-reactive ketones (excluding diaryl/α,β-unsaturated/α-hetero) is 1. The van der Waals surface area contributed by atoms with E-state index in [9.17, 15) is 19.8 Å². The maximum Gasteiger partial charge on any atom is 0.301 e. The van der Waals surface area contributed by atoms with Crippen LogP contribution >= 0.6 is 11.3 Å². The lowest BCUT2D eigenvalue weighted by Crippen LogP contribution is -2.29. The highest BCUT2D eigenvalue weighted by Gasteiger charge is 2.48. The molecule has 4 aromatic rings. The van der Waals surface area contributed by atoms with E-state index >= 15 is 0 Å². The second kappa shape index (κ2) is 8.63. The monoisotopic (exact) mass is 514 g/mol. The third kappa shape index (κ3) is 3.79. The Morgan fingerprint density at radius 2 is 1.89 bits per heavy atom. The highest BCUT2D eigenvalue weighted by atomic mass is 32.1. The number of hydrogen-bond donors (Lipinski definition) is 2. The molecule has 1 aromatic heterocycles. The minimum atomic E-state index is -0.938. The van der Waals surface area contributed by atoms with Crippen molar-refractivity contribution in [2.45, 2.75) is 25.5 Å². The third-order valence-electron chi connectivity index (χ3n) is 6.61. The van der Waals surface area contributed by atoms with Crippen LogP contribution in [0.3, 0.4) is 0 Å². The van der Waals surface area contributed by atoms with E-state index in [1.807, 2.05) is 13.0 Å². The Bertz CT molecular complexity index is 1610. The number of hydrogen-bond acceptors (Lipinski definition) is 8. The molecule has 2 atom stereocenters. The molecule has 9 heteroatoms. The standard InChI is InChI=1S/C28H22N2O6S/c1-14-11-17-12-16(5-10-21(17)36-14)25(32)23-24(15-3-6-18(31)7-4-15)30(27(34)26(23)33)28-29-20-9-8-19(35-2)13-22(20)37-28/h3-10,12-14,24,31-32H,11H2,1-2H3/t14-,24-/m0/s1. The Labute approximate surface area is 216 Å². The molecule has 37 heavy (non-hydrogen) atoms. The van der Waals surface area contributed by atoms with E-state index in [2.05, 4.69) is 4.98 Å². The van der Waals surface area contributed by atoms with Crippen LogP contribution < -0.4 is 14.4 Å². The lowest BCUT2D eigenvalue weighted by molar-refractivity contribution is -0.132. The van der Waals surface area contributed by atoms with Crippen molar-refractivity contribution in [3.05, 3.63) is 82.9 Å². The van der Waals surface area contributed by atoms with Gasteiger partial charge in [0.1, 0.15) is 29.1 Å². The highest BCUT2D eigenvalue weighted by molar-refractivity contribution is 7.22. The van der Waals surface area contributed by atoms with Crippen LogP contribution in [-0.2, 0) is 16.0 Å². The number of nitrogens with zero attached hydrogens (tertiary/aromatic N) is 2. The zero-order valence-electron chi connectivity index (χ0n) is 20.0. The number of phenolic OH excluding ortho intramolecular Hbond substituents is 1. The summed E-state index contributed by atoms with van der Waals surface area (Å²) in [5.41, 5.74) is 2.51. The van der Waals surface area contributed by atoms with Crippen molar-refractivity contribution in [1.29, 1.82) is 0 Å². The number of aliphatic hydroxyl groups excluding tert-OH is 1. The van der Waals surface area contributed by atoms with Gasteiger partial charge >= 0.3 is 5.91 Å². The molecule has 1 fully saturated rings. The fraction of sp³-hybridized carbons (Fsp3) is 0.179. The quantitative estimate of drug-likeness (QED) is 0.225. The molecular formula is C28H22N2O6S. The van der Waals surface area contributed by atoms with Gasteiger partial charge in [-0.15, -0.1) is 0 Å². The average molecular weight is 515 g/mol. The van der Waals surface area contributed by atoms with Gasteiger partial charge in [0, 0.05) is 12.0 Å². The first kappa shape index (κ1) is 23.1. The Kier molecular flexibility index (Phi) is 5.38. The summed E-state index contributed by atoms with van der Waals surface area (Å²) < 4.78 is 11.8. The minimum Gasteiger partial charge on any atom is -0.508 e. The molecule has 1 saturated heterocycles. The number of phenols is 1. The van der Waals surface area contributed by atoms with E-state index in [-0.39, 0.29) is 23.2 Å². The van der Waals surface area contributed by atoms with Gasteiger partial charge in [0.05, 0.1) is 28.9 Å². The van der Waals surface area contributed by atoms with E-state index < -0.39 is 17.7 Å².